The van der Waals surface area contributed by atoms with Crippen LogP contribution in [0.1, 0.15) is 5.56 Å². The van der Waals surface area contributed by atoms with Crippen LogP contribution in [0.25, 0.3) is 0 Å². The molecule has 5 nitrogen and oxygen atoms in total. The first kappa shape index (κ1) is 11.5. The molecule has 5 heteroatoms. The van der Waals surface area contributed by atoms with Gasteiger partial charge in [-0.1, -0.05) is 6.07 Å². The van der Waals surface area contributed by atoms with Gasteiger partial charge in [0.05, 0.1) is 7.11 Å². The van der Waals surface area contributed by atoms with Gasteiger partial charge < -0.3 is 15.2 Å². The lowest BCUT2D eigenvalue weighted by molar-refractivity contribution is -0.142. The highest BCUT2D eigenvalue weighted by molar-refractivity contribution is 5.75. The molecular formula is C10H14N2O3. The zero-order valence-electron chi connectivity index (χ0n) is 8.77. The van der Waals surface area contributed by atoms with Crippen molar-refractivity contribution < 1.29 is 14.3 Å². The highest BCUT2D eigenvalue weighted by Gasteiger charge is 2.14. The minimum Gasteiger partial charge on any atom is -0.475 e. The predicted molar refractivity (Wildman–Crippen MR) is 54.5 cm³/mol. The van der Waals surface area contributed by atoms with Gasteiger partial charge in [0, 0.05) is 11.8 Å². The lowest BCUT2D eigenvalue weighted by Gasteiger charge is -2.11. The number of hydrogen-bond acceptors (Lipinski definition) is 5. The Hall–Kier alpha value is -1.62. The van der Waals surface area contributed by atoms with Crippen molar-refractivity contribution in [1.82, 2.24) is 4.98 Å². The van der Waals surface area contributed by atoms with Gasteiger partial charge in [-0.2, -0.15) is 0 Å². The van der Waals surface area contributed by atoms with Gasteiger partial charge in [-0.05, 0) is 13.0 Å². The van der Waals surface area contributed by atoms with Crippen LogP contribution in [0.4, 0.5) is 0 Å². The molecule has 1 aromatic heterocycles. The SMILES string of the molecule is COC(=O)C(N)COc1ncccc1C. The van der Waals surface area contributed by atoms with E-state index in [0.29, 0.717) is 5.88 Å². The van der Waals surface area contributed by atoms with Crippen LogP contribution < -0.4 is 10.5 Å². The summed E-state index contributed by atoms with van der Waals surface area (Å²) in [6.45, 7) is 1.93. The first-order chi connectivity index (χ1) is 7.15. The number of rotatable bonds is 4. The number of esters is 1. The monoisotopic (exact) mass is 210 g/mol. The zero-order chi connectivity index (χ0) is 11.3. The molecule has 1 aromatic rings. The van der Waals surface area contributed by atoms with Gasteiger partial charge in [0.2, 0.25) is 5.88 Å². The van der Waals surface area contributed by atoms with Crippen LogP contribution in [0.5, 0.6) is 5.88 Å². The molecule has 0 amide bonds. The number of carbonyl (C=O) groups is 1. The second-order valence-corrected chi connectivity index (χ2v) is 3.07. The molecule has 1 rings (SSSR count). The Morgan fingerprint density at radius 1 is 1.67 bits per heavy atom. The predicted octanol–water partition coefficient (Wildman–Crippen LogP) is 0.269. The van der Waals surface area contributed by atoms with E-state index < -0.39 is 12.0 Å². The van der Waals surface area contributed by atoms with Crippen molar-refractivity contribution in [3.8, 4) is 5.88 Å². The van der Waals surface area contributed by atoms with Crippen molar-refractivity contribution in [2.45, 2.75) is 13.0 Å². The van der Waals surface area contributed by atoms with Crippen molar-refractivity contribution in [2.75, 3.05) is 13.7 Å². The van der Waals surface area contributed by atoms with E-state index in [-0.39, 0.29) is 6.61 Å². The van der Waals surface area contributed by atoms with Crippen LogP contribution in [0.2, 0.25) is 0 Å². The fourth-order valence-electron chi connectivity index (χ4n) is 1.01. The summed E-state index contributed by atoms with van der Waals surface area (Å²) in [4.78, 5) is 15.0. The summed E-state index contributed by atoms with van der Waals surface area (Å²) >= 11 is 0. The summed E-state index contributed by atoms with van der Waals surface area (Å²) < 4.78 is 9.75. The Labute approximate surface area is 88.2 Å². The first-order valence-corrected chi connectivity index (χ1v) is 4.53. The van der Waals surface area contributed by atoms with E-state index in [1.807, 2.05) is 19.1 Å². The average Bonchev–Trinajstić information content (AvgIpc) is 2.26. The Morgan fingerprint density at radius 3 is 3.00 bits per heavy atom. The first-order valence-electron chi connectivity index (χ1n) is 4.53. The molecule has 0 radical (unpaired) electrons. The van der Waals surface area contributed by atoms with E-state index in [9.17, 15) is 4.79 Å². The minimum atomic E-state index is -0.781. The van der Waals surface area contributed by atoms with Crippen molar-refractivity contribution in [3.63, 3.8) is 0 Å². The molecule has 0 bridgehead atoms. The second kappa shape index (κ2) is 5.31. The number of ether oxygens (including phenoxy) is 2. The third-order valence-electron chi connectivity index (χ3n) is 1.86. The maximum Gasteiger partial charge on any atom is 0.326 e. The van der Waals surface area contributed by atoms with E-state index in [0.717, 1.165) is 5.56 Å². The Bertz CT molecular complexity index is 341. The van der Waals surface area contributed by atoms with Gasteiger partial charge >= 0.3 is 5.97 Å². The standard InChI is InChI=1S/C10H14N2O3/c1-7-4-3-5-12-9(7)15-6-8(11)10(13)14-2/h3-5,8H,6,11H2,1-2H3. The van der Waals surface area contributed by atoms with E-state index in [2.05, 4.69) is 9.72 Å². The molecule has 1 atom stereocenters. The van der Waals surface area contributed by atoms with Crippen molar-refractivity contribution in [2.24, 2.45) is 5.73 Å². The number of methoxy groups -OCH3 is 1. The summed E-state index contributed by atoms with van der Waals surface area (Å²) in [7, 11) is 1.29. The fraction of sp³-hybridized carbons (Fsp3) is 0.400. The van der Waals surface area contributed by atoms with Gasteiger partial charge in [0.15, 0.2) is 0 Å². The van der Waals surface area contributed by atoms with Gasteiger partial charge in [-0.25, -0.2) is 4.98 Å². The number of carbonyl (C=O) groups excluding carboxylic acids is 1. The molecule has 0 fully saturated rings. The Kier molecular flexibility index (Phi) is 4.05. The van der Waals surface area contributed by atoms with Crippen LogP contribution in [-0.4, -0.2) is 30.7 Å². The third kappa shape index (κ3) is 3.21. The number of aromatic nitrogens is 1. The number of aryl methyl sites for hydroxylation is 1. The maximum atomic E-state index is 11.0. The number of hydrogen-bond donors (Lipinski definition) is 1. The summed E-state index contributed by atoms with van der Waals surface area (Å²) in [5, 5.41) is 0. The van der Waals surface area contributed by atoms with Crippen LogP contribution in [-0.2, 0) is 9.53 Å². The quantitative estimate of drug-likeness (QED) is 0.722. The Balaban J connectivity index is 2.50. The van der Waals surface area contributed by atoms with Crippen LogP contribution in [0.15, 0.2) is 18.3 Å². The van der Waals surface area contributed by atoms with Crippen molar-refractivity contribution in [1.29, 1.82) is 0 Å². The van der Waals surface area contributed by atoms with Gasteiger partial charge in [-0.15, -0.1) is 0 Å². The largest absolute Gasteiger partial charge is 0.475 e. The molecule has 0 saturated heterocycles. The summed E-state index contributed by atoms with van der Waals surface area (Å²) in [6, 6.07) is 2.89. The van der Waals surface area contributed by atoms with Crippen LogP contribution in [0.3, 0.4) is 0 Å². The average molecular weight is 210 g/mol. The van der Waals surface area contributed by atoms with Crippen molar-refractivity contribution >= 4 is 5.97 Å². The molecular weight excluding hydrogens is 196 g/mol. The van der Waals surface area contributed by atoms with E-state index in [4.69, 9.17) is 10.5 Å². The van der Waals surface area contributed by atoms with Gasteiger partial charge in [-0.3, -0.25) is 4.79 Å². The molecule has 15 heavy (non-hydrogen) atoms. The molecule has 0 spiro atoms. The lowest BCUT2D eigenvalue weighted by Crippen LogP contribution is -2.37. The smallest absolute Gasteiger partial charge is 0.326 e. The third-order valence-corrected chi connectivity index (χ3v) is 1.86. The van der Waals surface area contributed by atoms with E-state index in [1.54, 1.807) is 6.20 Å². The lowest BCUT2D eigenvalue weighted by atomic mass is 10.3. The van der Waals surface area contributed by atoms with Crippen LogP contribution >= 0.6 is 0 Å². The molecule has 0 aliphatic rings. The fourth-order valence-corrected chi connectivity index (χ4v) is 1.01. The minimum absolute atomic E-state index is 0.0600. The van der Waals surface area contributed by atoms with Crippen molar-refractivity contribution in [3.05, 3.63) is 23.9 Å². The van der Waals surface area contributed by atoms with Gasteiger partial charge in [0.1, 0.15) is 12.6 Å². The molecule has 82 valence electrons. The Morgan fingerprint density at radius 2 is 2.40 bits per heavy atom. The normalized spacial score (nSPS) is 11.9. The molecule has 0 saturated carbocycles. The molecule has 1 unspecified atom stereocenters. The zero-order valence-corrected chi connectivity index (χ0v) is 8.77. The van der Waals surface area contributed by atoms with E-state index in [1.165, 1.54) is 7.11 Å². The molecule has 1 heterocycles. The molecule has 0 aliphatic heterocycles. The second-order valence-electron chi connectivity index (χ2n) is 3.07. The molecule has 0 aromatic carbocycles. The number of nitrogens with two attached hydrogens (primary N) is 1. The summed E-state index contributed by atoms with van der Waals surface area (Å²) in [6.07, 6.45) is 1.62. The summed E-state index contributed by atoms with van der Waals surface area (Å²) in [5.74, 6) is -0.0135. The number of pyridine rings is 1. The maximum absolute atomic E-state index is 11.0. The van der Waals surface area contributed by atoms with Crippen LogP contribution in [0, 0.1) is 6.92 Å². The van der Waals surface area contributed by atoms with Gasteiger partial charge in [0.25, 0.3) is 0 Å². The number of nitrogens with zero attached hydrogens (tertiary/aromatic N) is 1. The van der Waals surface area contributed by atoms with E-state index >= 15 is 0 Å². The summed E-state index contributed by atoms with van der Waals surface area (Å²) in [5.41, 5.74) is 6.40. The molecule has 0 aliphatic carbocycles. The highest BCUT2D eigenvalue weighted by Crippen LogP contribution is 2.11. The molecule has 2 N–H and O–H groups in total. The highest BCUT2D eigenvalue weighted by atomic mass is 16.5. The topological polar surface area (TPSA) is 74.4 Å².